The number of aliphatic carboxylic acids is 1. The van der Waals surface area contributed by atoms with Crippen LogP contribution < -0.4 is 10.6 Å². The molecule has 0 fully saturated rings. The molecule has 2 rings (SSSR count). The number of carbonyl (C=O) groups is 8. The molecule has 0 aromatic heterocycles. The Morgan fingerprint density at radius 1 is 0.440 bits per heavy atom. The number of carboxylic acid groups (broad SMARTS) is 1. The Hall–Kier alpha value is -6.41. The van der Waals surface area contributed by atoms with Crippen molar-refractivity contribution >= 4 is 124 Å². The number of ether oxygens (including phenoxy) is 4. The summed E-state index contributed by atoms with van der Waals surface area (Å²) in [5.41, 5.74) is -2.93. The van der Waals surface area contributed by atoms with Crippen molar-refractivity contribution in [3.8, 4) is 0 Å². The zero-order chi connectivity index (χ0) is 113. The molecule has 6 amide bonds. The van der Waals surface area contributed by atoms with Gasteiger partial charge in [-0.25, -0.2) is 28.0 Å². The molecule has 0 aliphatic carbocycles. The molecule has 141 heavy (non-hydrogen) atoms. The number of hydrogen-bond acceptors (Lipinski definition) is 23. The van der Waals surface area contributed by atoms with Crippen molar-refractivity contribution in [3.63, 3.8) is 0 Å². The average molecular weight is 2120 g/mol. The molecule has 3 N–H and O–H groups in total. The zero-order valence-corrected chi connectivity index (χ0v) is 103. The van der Waals surface area contributed by atoms with E-state index in [4.69, 9.17) is 48.3 Å². The van der Waals surface area contributed by atoms with Gasteiger partial charge < -0.3 is 81.8 Å². The number of rotatable bonds is 38. The van der Waals surface area contributed by atoms with E-state index >= 15 is 0 Å². The van der Waals surface area contributed by atoms with E-state index in [1.54, 1.807) is 92.7 Å². The lowest BCUT2D eigenvalue weighted by Gasteiger charge is -2.43. The predicted molar refractivity (Wildman–Crippen MR) is 586 cm³/mol. The Labute approximate surface area is 867 Å². The number of likely N-dealkylation sites (N-methyl/N-ethyl adjacent to an activating group) is 4. The lowest BCUT2D eigenvalue weighted by Crippen LogP contribution is -2.52. The molecular formula is C101H196BClF2N10O21SSi4. The summed E-state index contributed by atoms with van der Waals surface area (Å²) in [6.45, 7) is 98.7. The third-order valence-corrected chi connectivity index (χ3v) is 42.2. The Balaban J connectivity index is -0.000000403. The first-order valence-electron chi connectivity index (χ1n) is 49.0. The number of benzene rings is 2. The molecular weight excluding hydrogens is 1920 g/mol. The highest BCUT2D eigenvalue weighted by Gasteiger charge is 2.47. The predicted octanol–water partition coefficient (Wildman–Crippen LogP) is 23.8. The van der Waals surface area contributed by atoms with Crippen LogP contribution in [0, 0.1) is 55.5 Å². The lowest BCUT2D eigenvalue weighted by atomic mass is 10.0. The molecule has 0 spiro atoms. The topological polar surface area (TPSA) is 360 Å². The summed E-state index contributed by atoms with van der Waals surface area (Å²) < 4.78 is 75.5. The number of amides is 6. The Bertz CT molecular complexity index is 4060. The van der Waals surface area contributed by atoms with Gasteiger partial charge in [0.2, 0.25) is 17.1 Å². The molecule has 0 saturated heterocycles. The van der Waals surface area contributed by atoms with Crippen LogP contribution in [0.3, 0.4) is 0 Å². The molecule has 2 radical (unpaired) electrons. The number of carbonyl (C=O) groups excluding carboxylic acids is 7. The van der Waals surface area contributed by atoms with E-state index in [-0.39, 0.29) is 122 Å². The standard InChI is InChI=1S/C28H48FN3O6Si.C20H42N2O4Si.C20H44N2O3Si.C17H35NO5Si.C8H5ClFNO3.C6H15N.CH3B.CH4S/c1-19(2)31(25(33)16-21-15-22(32(35)36)13-14-23(21)29)17-20(3)24(38-39(11,12)28(7,8)9)18-30(10)26(34)37-27(4,5)6;1-14(2)21-17(23)15(3)16(26-27(11,12)20(7,8)9)13-22(10)18(24)25-19(4,5)6;1-15(2)21-13-16(3)17(25-26(11,12)20(7,8)9)14-22(10)18(23)24-19(4,5)6;1-12(14(19)20)13(23-24(9,10)17(5,6)7)11-18(8)15(21)22-16(2,3)4;9-8(12)4-5-3-6(11(13)14)1-2-7(5)10;1-4-7(5-2)6-3;2*1-2/h13-15,19-20,24H,16-18H2,1-12H3;14-16H,13H2,1-12H3,(H,21,23);15-17,21H,13-14H2,1-12H3;12-13H,11H2,1-10H3,(H,19,20);1-3H,4H2;4-6H2,1-3H3;1H3;2H,1H3/t20-,24+;15-,16-;16-,17+;12-,13-;;;;/m1010..../s1. The minimum Gasteiger partial charge on any atom is -0.481 e. The molecule has 0 heterocycles. The number of thiol groups is 1. The Morgan fingerprint density at radius 3 is 0.929 bits per heavy atom. The van der Waals surface area contributed by atoms with Crippen LogP contribution in [0.5, 0.6) is 0 Å². The van der Waals surface area contributed by atoms with Gasteiger partial charge in [-0.1, -0.05) is 145 Å². The van der Waals surface area contributed by atoms with E-state index in [1.807, 2.05) is 83.1 Å². The van der Waals surface area contributed by atoms with Crippen molar-refractivity contribution in [1.82, 2.24) is 40.0 Å². The molecule has 0 unspecified atom stereocenters. The molecule has 40 heteroatoms. The maximum Gasteiger partial charge on any atom is 0.410 e. The summed E-state index contributed by atoms with van der Waals surface area (Å²) in [6, 6.07) is 6.42. The minimum atomic E-state index is -2.27. The van der Waals surface area contributed by atoms with Gasteiger partial charge in [-0.15, -0.1) is 0 Å². The van der Waals surface area contributed by atoms with Crippen LogP contribution in [0.15, 0.2) is 36.4 Å². The number of hydrogen-bond donors (Lipinski definition) is 4. The normalized spacial score (nSPS) is 14.0. The number of nitrogens with one attached hydrogen (secondary N) is 2. The van der Waals surface area contributed by atoms with Crippen molar-refractivity contribution in [1.29, 1.82) is 0 Å². The van der Waals surface area contributed by atoms with Crippen LogP contribution in [-0.2, 0) is 68.7 Å². The first kappa shape index (κ1) is 145. The highest BCUT2D eigenvalue weighted by Crippen LogP contribution is 2.43. The summed E-state index contributed by atoms with van der Waals surface area (Å²) >= 11 is 8.57. The number of nitrogens with zero attached hydrogens (tertiary/aromatic N) is 8. The van der Waals surface area contributed by atoms with E-state index in [1.165, 1.54) is 41.2 Å². The first-order valence-corrected chi connectivity index (χ1v) is 61.9. The van der Waals surface area contributed by atoms with E-state index < -0.39 is 131 Å². The number of halogens is 3. The van der Waals surface area contributed by atoms with Crippen LogP contribution in [0.2, 0.25) is 79.4 Å². The zero-order valence-electron chi connectivity index (χ0n) is 96.9. The van der Waals surface area contributed by atoms with Crippen LogP contribution in [0.1, 0.15) is 267 Å². The molecule has 0 saturated carbocycles. The molecule has 31 nitrogen and oxygen atoms in total. The van der Waals surface area contributed by atoms with Gasteiger partial charge >= 0.3 is 30.3 Å². The second kappa shape index (κ2) is 64.0. The fourth-order valence-electron chi connectivity index (χ4n) is 11.3. The summed E-state index contributed by atoms with van der Waals surface area (Å²) in [7, 11) is 2.74. The Kier molecular flexibility index (Phi) is 65.9. The van der Waals surface area contributed by atoms with E-state index in [0.29, 0.717) is 25.7 Å². The molecule has 822 valence electrons. The fraction of sp³-hybridized carbons (Fsp3) is 0.802. The maximum absolute atomic E-state index is 14.4. The highest BCUT2D eigenvalue weighted by atomic mass is 35.5. The van der Waals surface area contributed by atoms with Gasteiger partial charge in [0.25, 0.3) is 11.4 Å². The molecule has 0 aliphatic rings. The summed E-state index contributed by atoms with van der Waals surface area (Å²) in [6.07, 6.45) is -2.03. The average Bonchev–Trinajstić information content (AvgIpc) is 0.822. The van der Waals surface area contributed by atoms with Crippen LogP contribution in [0.25, 0.3) is 0 Å². The molecule has 2 aromatic carbocycles. The smallest absolute Gasteiger partial charge is 0.410 e. The van der Waals surface area contributed by atoms with Crippen molar-refractivity contribution in [3.05, 3.63) is 79.4 Å². The number of carboxylic acids is 1. The van der Waals surface area contributed by atoms with E-state index in [9.17, 15) is 72.5 Å². The second-order valence-corrected chi connectivity index (χ2v) is 66.2. The summed E-state index contributed by atoms with van der Waals surface area (Å²) in [4.78, 5) is 128. The van der Waals surface area contributed by atoms with Crippen LogP contribution >= 0.6 is 24.2 Å². The van der Waals surface area contributed by atoms with Crippen LogP contribution in [-0.4, -0.2) is 291 Å². The second-order valence-electron chi connectivity index (χ2n) is 46.7. The van der Waals surface area contributed by atoms with Crippen molar-refractivity contribution < 1.29 is 98.7 Å². The van der Waals surface area contributed by atoms with Gasteiger partial charge in [0, 0.05) is 127 Å². The van der Waals surface area contributed by atoms with Gasteiger partial charge in [-0.2, -0.15) is 12.6 Å². The fourth-order valence-corrected chi connectivity index (χ4v) is 17.0. The molecule has 0 aliphatic heterocycles. The summed E-state index contributed by atoms with van der Waals surface area (Å²) in [5.74, 6) is -3.68. The van der Waals surface area contributed by atoms with Crippen molar-refractivity contribution in [2.24, 2.45) is 23.7 Å². The highest BCUT2D eigenvalue weighted by molar-refractivity contribution is 7.79. The largest absolute Gasteiger partial charge is 0.481 e. The van der Waals surface area contributed by atoms with Gasteiger partial charge in [-0.05, 0) is 246 Å². The third-order valence-electron chi connectivity index (χ3n) is 24.0. The van der Waals surface area contributed by atoms with Gasteiger partial charge in [-0.3, -0.25) is 39.4 Å². The van der Waals surface area contributed by atoms with Crippen molar-refractivity contribution in [2.75, 3.05) is 93.3 Å². The third kappa shape index (κ3) is 61.1. The molecule has 8 atom stereocenters. The van der Waals surface area contributed by atoms with Gasteiger partial charge in [0.1, 0.15) is 34.0 Å². The Morgan fingerprint density at radius 2 is 0.702 bits per heavy atom. The maximum atomic E-state index is 14.4. The van der Waals surface area contributed by atoms with Gasteiger partial charge in [0.05, 0.1) is 66.8 Å². The molecule has 0 bridgehead atoms. The van der Waals surface area contributed by atoms with E-state index in [2.05, 4.69) is 213 Å². The van der Waals surface area contributed by atoms with Crippen LogP contribution in [0.4, 0.5) is 39.3 Å². The monoisotopic (exact) mass is 2110 g/mol. The molecule has 2 aromatic rings. The number of non-ortho nitro benzene ring substituents is 2. The number of nitro benzene ring substituents is 2. The summed E-state index contributed by atoms with van der Waals surface area (Å²) in [5, 5.41) is 36.5. The van der Waals surface area contributed by atoms with Gasteiger partial charge in [0.15, 0.2) is 33.3 Å². The quantitative estimate of drug-likeness (QED) is 0.0121. The minimum absolute atomic E-state index is 0.00395. The first-order chi connectivity index (χ1) is 63.2. The van der Waals surface area contributed by atoms with Crippen molar-refractivity contribution in [2.45, 2.75) is 413 Å². The lowest BCUT2D eigenvalue weighted by molar-refractivity contribution is -0.385. The number of nitro groups is 2. The van der Waals surface area contributed by atoms with E-state index in [0.717, 1.165) is 42.9 Å². The SMILES string of the molecule is CC(C)N(C[C@@H](C)[C@H](CN(C)C(=O)OC(C)(C)C)O[Si](C)(C)C(C)(C)C)C(=O)Cc1cc([N+](=O)[O-])ccc1F.CC(C)NC(=O)[C@@H](C)[C@H](CN(C)C(=O)OC(C)(C)C)O[Si](C)(C)C(C)(C)C.CC(C)NC[C@@H](C)[C@H](CN(C)C(=O)OC(C)(C)C)O[Si](C)(C)C(C)(C)C.CCN(CC)CC.CS.C[C@H](C(=O)O)[C@H](CN(C)C(=O)OC(C)(C)C)O[Si](C)(C)C(C)(C)C.O=C(Cl)Cc1cc([N+](=O)[O-])ccc1F.[B]C.